The second-order valence-electron chi connectivity index (χ2n) is 7.53. The highest BCUT2D eigenvalue weighted by atomic mass is 16.2. The van der Waals surface area contributed by atoms with Crippen LogP contribution >= 0.6 is 0 Å². The SMILES string of the molecule is O=C(c1cc2ccccc2c(=O)[nH]1)N1CCC[C@H]1Cn1cc(C2CC2)nn1. The Kier molecular flexibility index (Phi) is 3.81. The number of likely N-dealkylation sites (tertiary alicyclic amines) is 1. The molecule has 1 amide bonds. The van der Waals surface area contributed by atoms with Gasteiger partial charge in [-0.1, -0.05) is 23.4 Å². The number of benzene rings is 1. The molecule has 1 aliphatic heterocycles. The molecule has 2 aromatic heterocycles. The van der Waals surface area contributed by atoms with Crippen molar-refractivity contribution in [2.75, 3.05) is 6.54 Å². The molecule has 0 unspecified atom stereocenters. The van der Waals surface area contributed by atoms with E-state index in [4.69, 9.17) is 0 Å². The van der Waals surface area contributed by atoms with Crippen LogP contribution in [0.1, 0.15) is 47.8 Å². The number of aromatic amines is 1. The average molecular weight is 363 g/mol. The van der Waals surface area contributed by atoms with Gasteiger partial charge in [0.15, 0.2) is 0 Å². The van der Waals surface area contributed by atoms with Gasteiger partial charge in [-0.05, 0) is 43.2 Å². The van der Waals surface area contributed by atoms with E-state index < -0.39 is 0 Å². The number of pyridine rings is 1. The Bertz CT molecular complexity index is 1070. The van der Waals surface area contributed by atoms with Crippen LogP contribution in [0, 0.1) is 0 Å². The number of fused-ring (bicyclic) bond motifs is 1. The fourth-order valence-electron chi connectivity index (χ4n) is 3.96. The van der Waals surface area contributed by atoms with Gasteiger partial charge in [0.2, 0.25) is 0 Å². The van der Waals surface area contributed by atoms with E-state index in [0.29, 0.717) is 30.1 Å². The summed E-state index contributed by atoms with van der Waals surface area (Å²) in [6.07, 6.45) is 6.29. The van der Waals surface area contributed by atoms with Crippen LogP contribution in [0.2, 0.25) is 0 Å². The molecule has 3 aromatic rings. The van der Waals surface area contributed by atoms with Gasteiger partial charge in [0.05, 0.1) is 18.3 Å². The monoisotopic (exact) mass is 363 g/mol. The number of aromatic nitrogens is 4. The van der Waals surface area contributed by atoms with Crippen molar-refractivity contribution < 1.29 is 4.79 Å². The zero-order chi connectivity index (χ0) is 18.4. The summed E-state index contributed by atoms with van der Waals surface area (Å²) in [5, 5.41) is 9.87. The Hall–Kier alpha value is -2.96. The van der Waals surface area contributed by atoms with Gasteiger partial charge in [-0.15, -0.1) is 5.10 Å². The van der Waals surface area contributed by atoms with E-state index in [-0.39, 0.29) is 17.5 Å². The molecule has 2 fully saturated rings. The van der Waals surface area contributed by atoms with Crippen molar-refractivity contribution in [3.63, 3.8) is 0 Å². The van der Waals surface area contributed by atoms with E-state index in [9.17, 15) is 9.59 Å². The molecular weight excluding hydrogens is 342 g/mol. The number of nitrogens with zero attached hydrogens (tertiary/aromatic N) is 4. The van der Waals surface area contributed by atoms with Crippen molar-refractivity contribution in [1.29, 1.82) is 0 Å². The molecule has 0 radical (unpaired) electrons. The fourth-order valence-corrected chi connectivity index (χ4v) is 3.96. The molecule has 1 aliphatic carbocycles. The number of hydrogen-bond donors (Lipinski definition) is 1. The number of hydrogen-bond acceptors (Lipinski definition) is 4. The molecule has 7 heteroatoms. The summed E-state index contributed by atoms with van der Waals surface area (Å²) in [6.45, 7) is 1.34. The van der Waals surface area contributed by atoms with Gasteiger partial charge in [-0.25, -0.2) is 0 Å². The summed E-state index contributed by atoms with van der Waals surface area (Å²) >= 11 is 0. The van der Waals surface area contributed by atoms with Crippen molar-refractivity contribution in [2.24, 2.45) is 0 Å². The second-order valence-corrected chi connectivity index (χ2v) is 7.53. The predicted molar refractivity (Wildman–Crippen MR) is 101 cm³/mol. The third-order valence-electron chi connectivity index (χ3n) is 5.57. The third-order valence-corrected chi connectivity index (χ3v) is 5.57. The normalized spacial score (nSPS) is 19.7. The summed E-state index contributed by atoms with van der Waals surface area (Å²) in [4.78, 5) is 30.0. The highest BCUT2D eigenvalue weighted by molar-refractivity contribution is 5.96. The van der Waals surface area contributed by atoms with Crippen LogP contribution in [0.15, 0.2) is 41.3 Å². The number of carbonyl (C=O) groups excluding carboxylic acids is 1. The first-order chi connectivity index (χ1) is 13.2. The van der Waals surface area contributed by atoms with Crippen LogP contribution in [0.4, 0.5) is 0 Å². The lowest BCUT2D eigenvalue weighted by Crippen LogP contribution is -2.39. The van der Waals surface area contributed by atoms with Crippen LogP contribution in [0.3, 0.4) is 0 Å². The molecule has 1 aromatic carbocycles. The number of rotatable bonds is 4. The van der Waals surface area contributed by atoms with Crippen molar-refractivity contribution in [2.45, 2.75) is 44.2 Å². The van der Waals surface area contributed by atoms with E-state index in [1.807, 2.05) is 34.0 Å². The summed E-state index contributed by atoms with van der Waals surface area (Å²) in [5.41, 5.74) is 1.19. The molecular formula is C20H21N5O2. The molecule has 0 spiro atoms. The molecule has 138 valence electrons. The summed E-state index contributed by atoms with van der Waals surface area (Å²) in [6, 6.07) is 9.16. The van der Waals surface area contributed by atoms with Crippen molar-refractivity contribution >= 4 is 16.7 Å². The number of nitrogens with one attached hydrogen (secondary N) is 1. The highest BCUT2D eigenvalue weighted by Gasteiger charge is 2.31. The molecule has 5 rings (SSSR count). The topological polar surface area (TPSA) is 83.9 Å². The van der Waals surface area contributed by atoms with Crippen LogP contribution in [0.5, 0.6) is 0 Å². The van der Waals surface area contributed by atoms with E-state index >= 15 is 0 Å². The predicted octanol–water partition coefficient (Wildman–Crippen LogP) is 2.30. The highest BCUT2D eigenvalue weighted by Crippen LogP contribution is 2.38. The Morgan fingerprint density at radius 1 is 1.22 bits per heavy atom. The fraction of sp³-hybridized carbons (Fsp3) is 0.400. The maximum absolute atomic E-state index is 13.1. The summed E-state index contributed by atoms with van der Waals surface area (Å²) in [7, 11) is 0. The van der Waals surface area contributed by atoms with E-state index in [2.05, 4.69) is 15.3 Å². The minimum atomic E-state index is -0.224. The van der Waals surface area contributed by atoms with Gasteiger partial charge >= 0.3 is 0 Å². The zero-order valence-electron chi connectivity index (χ0n) is 15.0. The van der Waals surface area contributed by atoms with E-state index in [0.717, 1.165) is 23.9 Å². The van der Waals surface area contributed by atoms with Crippen molar-refractivity contribution in [3.8, 4) is 0 Å². The maximum atomic E-state index is 13.1. The lowest BCUT2D eigenvalue weighted by Gasteiger charge is -2.24. The zero-order valence-corrected chi connectivity index (χ0v) is 15.0. The molecule has 3 heterocycles. The van der Waals surface area contributed by atoms with Crippen LogP contribution in [-0.2, 0) is 6.54 Å². The van der Waals surface area contributed by atoms with E-state index in [1.54, 1.807) is 12.1 Å². The quantitative estimate of drug-likeness (QED) is 0.771. The number of H-pyrrole nitrogens is 1. The minimum absolute atomic E-state index is 0.0706. The Morgan fingerprint density at radius 3 is 2.93 bits per heavy atom. The third kappa shape index (κ3) is 3.03. The molecule has 1 N–H and O–H groups in total. The molecule has 0 bridgehead atoms. The van der Waals surface area contributed by atoms with Gasteiger partial charge in [-0.2, -0.15) is 0 Å². The van der Waals surface area contributed by atoms with Crippen LogP contribution in [0.25, 0.3) is 10.8 Å². The molecule has 27 heavy (non-hydrogen) atoms. The number of amides is 1. The van der Waals surface area contributed by atoms with Gasteiger partial charge < -0.3 is 9.88 Å². The first-order valence-corrected chi connectivity index (χ1v) is 9.52. The van der Waals surface area contributed by atoms with Crippen LogP contribution in [-0.4, -0.2) is 43.4 Å². The van der Waals surface area contributed by atoms with Gasteiger partial charge in [0.1, 0.15) is 5.69 Å². The standard InChI is InChI=1S/C20H21N5O2/c26-19-16-6-2-1-4-14(16)10-17(21-19)20(27)25-9-3-5-15(25)11-24-12-18(22-23-24)13-7-8-13/h1-2,4,6,10,12-13,15H,3,5,7-9,11H2,(H,21,26)/t15-/m0/s1. The summed E-state index contributed by atoms with van der Waals surface area (Å²) < 4.78 is 1.85. The molecule has 7 nitrogen and oxygen atoms in total. The number of carbonyl (C=O) groups is 1. The van der Waals surface area contributed by atoms with Crippen LogP contribution < -0.4 is 5.56 Å². The van der Waals surface area contributed by atoms with Gasteiger partial charge in [0.25, 0.3) is 11.5 Å². The molecule has 2 aliphatic rings. The largest absolute Gasteiger partial charge is 0.333 e. The minimum Gasteiger partial charge on any atom is -0.333 e. The molecule has 1 saturated heterocycles. The maximum Gasteiger partial charge on any atom is 0.270 e. The average Bonchev–Trinajstić information content (AvgIpc) is 3.25. The van der Waals surface area contributed by atoms with Gasteiger partial charge in [-0.3, -0.25) is 14.3 Å². The smallest absolute Gasteiger partial charge is 0.270 e. The Balaban J connectivity index is 1.39. The molecule has 1 saturated carbocycles. The van der Waals surface area contributed by atoms with Gasteiger partial charge in [0, 0.05) is 24.0 Å². The summed E-state index contributed by atoms with van der Waals surface area (Å²) in [5.74, 6) is 0.450. The van der Waals surface area contributed by atoms with Crippen molar-refractivity contribution in [1.82, 2.24) is 24.9 Å². The first kappa shape index (κ1) is 16.2. The lowest BCUT2D eigenvalue weighted by molar-refractivity contribution is 0.0715. The Labute approximate surface area is 156 Å². The first-order valence-electron chi connectivity index (χ1n) is 9.52. The lowest BCUT2D eigenvalue weighted by atomic mass is 10.1. The van der Waals surface area contributed by atoms with Crippen molar-refractivity contribution in [3.05, 3.63) is 58.3 Å². The second kappa shape index (κ2) is 6.33. The van der Waals surface area contributed by atoms with E-state index in [1.165, 1.54) is 12.8 Å². The molecule has 1 atom stereocenters. The Morgan fingerprint density at radius 2 is 2.07 bits per heavy atom.